The van der Waals surface area contributed by atoms with Crippen molar-refractivity contribution in [3.8, 4) is 0 Å². The molecule has 94 valence electrons. The Hall–Kier alpha value is -0.450. The molecule has 0 spiro atoms. The third kappa shape index (κ3) is 2.69. The van der Waals surface area contributed by atoms with E-state index in [1.54, 1.807) is 0 Å². The van der Waals surface area contributed by atoms with Crippen LogP contribution in [0.15, 0.2) is 5.38 Å². The zero-order valence-corrected chi connectivity index (χ0v) is 11.0. The average molecular weight is 252 g/mol. The van der Waals surface area contributed by atoms with Gasteiger partial charge in [0.25, 0.3) is 0 Å². The molecule has 0 saturated carbocycles. The van der Waals surface area contributed by atoms with Gasteiger partial charge >= 0.3 is 0 Å². The van der Waals surface area contributed by atoms with E-state index < -0.39 is 0 Å². The van der Waals surface area contributed by atoms with E-state index in [1.165, 1.54) is 23.5 Å². The molecular weight excluding hydrogens is 232 g/mol. The molecule has 2 aliphatic heterocycles. The Morgan fingerprint density at radius 1 is 1.12 bits per heavy atom. The van der Waals surface area contributed by atoms with Gasteiger partial charge in [-0.2, -0.15) is 0 Å². The smallest absolute Gasteiger partial charge is 0.0961 e. The molecular formula is C13H20N2OS. The van der Waals surface area contributed by atoms with Gasteiger partial charge in [-0.05, 0) is 38.8 Å². The second-order valence-corrected chi connectivity index (χ2v) is 5.91. The molecule has 2 aliphatic rings. The summed E-state index contributed by atoms with van der Waals surface area (Å²) < 4.78 is 5.41. The number of aromatic nitrogens is 1. The largest absolute Gasteiger partial charge is 0.381 e. The molecule has 3 nitrogen and oxygen atoms in total. The van der Waals surface area contributed by atoms with Gasteiger partial charge in [0.2, 0.25) is 0 Å². The molecule has 4 heteroatoms. The van der Waals surface area contributed by atoms with Gasteiger partial charge < -0.3 is 10.1 Å². The van der Waals surface area contributed by atoms with E-state index in [0.29, 0.717) is 11.8 Å². The summed E-state index contributed by atoms with van der Waals surface area (Å²) in [6.07, 6.45) is 4.80. The molecule has 2 fully saturated rings. The molecule has 3 heterocycles. The van der Waals surface area contributed by atoms with E-state index in [-0.39, 0.29) is 0 Å². The number of hydrogen-bond donors (Lipinski definition) is 1. The van der Waals surface area contributed by atoms with Gasteiger partial charge in [-0.3, -0.25) is 0 Å². The van der Waals surface area contributed by atoms with Crippen molar-refractivity contribution in [3.05, 3.63) is 16.1 Å². The van der Waals surface area contributed by atoms with Crippen LogP contribution >= 0.6 is 11.3 Å². The van der Waals surface area contributed by atoms with E-state index >= 15 is 0 Å². The Kier molecular flexibility index (Phi) is 3.74. The molecule has 3 rings (SSSR count). The molecule has 0 aliphatic carbocycles. The lowest BCUT2D eigenvalue weighted by Crippen LogP contribution is -2.26. The van der Waals surface area contributed by atoms with E-state index in [0.717, 1.165) is 39.1 Å². The molecule has 0 bridgehead atoms. The zero-order valence-electron chi connectivity index (χ0n) is 10.2. The Bertz CT molecular complexity index is 322. The number of rotatable bonds is 2. The zero-order chi connectivity index (χ0) is 11.5. The van der Waals surface area contributed by atoms with Crippen LogP contribution in [0.5, 0.6) is 0 Å². The molecule has 0 unspecified atom stereocenters. The van der Waals surface area contributed by atoms with E-state index in [2.05, 4.69) is 10.7 Å². The fourth-order valence-corrected chi connectivity index (χ4v) is 3.81. The minimum atomic E-state index is 0.657. The van der Waals surface area contributed by atoms with Crippen molar-refractivity contribution in [2.24, 2.45) is 0 Å². The van der Waals surface area contributed by atoms with Gasteiger partial charge in [0.15, 0.2) is 0 Å². The first kappa shape index (κ1) is 11.6. The van der Waals surface area contributed by atoms with Crippen molar-refractivity contribution in [2.45, 2.75) is 37.5 Å². The molecule has 17 heavy (non-hydrogen) atoms. The SMILES string of the molecule is c1sc(C2CCOCC2)nc1C1CCNCC1. The van der Waals surface area contributed by atoms with Crippen molar-refractivity contribution in [2.75, 3.05) is 26.3 Å². The van der Waals surface area contributed by atoms with Gasteiger partial charge in [0.05, 0.1) is 10.7 Å². The minimum Gasteiger partial charge on any atom is -0.381 e. The number of ether oxygens (including phenoxy) is 1. The summed E-state index contributed by atoms with van der Waals surface area (Å²) in [5.41, 5.74) is 1.35. The molecule has 0 radical (unpaired) electrons. The maximum Gasteiger partial charge on any atom is 0.0961 e. The topological polar surface area (TPSA) is 34.1 Å². The predicted octanol–water partition coefficient (Wildman–Crippen LogP) is 2.50. The van der Waals surface area contributed by atoms with Gasteiger partial charge in [0.1, 0.15) is 0 Å². The first-order valence-electron chi connectivity index (χ1n) is 6.67. The van der Waals surface area contributed by atoms with Crippen molar-refractivity contribution in [1.29, 1.82) is 0 Å². The summed E-state index contributed by atoms with van der Waals surface area (Å²) in [5, 5.41) is 7.06. The van der Waals surface area contributed by atoms with Crippen molar-refractivity contribution in [1.82, 2.24) is 10.3 Å². The third-order valence-corrected chi connectivity index (χ3v) is 4.89. The highest BCUT2D eigenvalue weighted by atomic mass is 32.1. The molecule has 2 saturated heterocycles. The van der Waals surface area contributed by atoms with Crippen LogP contribution in [0.1, 0.15) is 48.2 Å². The highest BCUT2D eigenvalue weighted by molar-refractivity contribution is 7.09. The van der Waals surface area contributed by atoms with Crippen molar-refractivity contribution in [3.63, 3.8) is 0 Å². The van der Waals surface area contributed by atoms with Crippen molar-refractivity contribution >= 4 is 11.3 Å². The Morgan fingerprint density at radius 2 is 1.88 bits per heavy atom. The molecule has 0 atom stereocenters. The number of thiazole rings is 1. The Labute approximate surface area is 107 Å². The van der Waals surface area contributed by atoms with E-state index in [1.807, 2.05) is 11.3 Å². The summed E-state index contributed by atoms with van der Waals surface area (Å²) in [6.45, 7) is 4.11. The van der Waals surface area contributed by atoms with Gasteiger partial charge in [-0.25, -0.2) is 4.98 Å². The van der Waals surface area contributed by atoms with E-state index in [9.17, 15) is 0 Å². The maximum atomic E-state index is 5.41. The quantitative estimate of drug-likeness (QED) is 0.878. The van der Waals surface area contributed by atoms with Gasteiger partial charge in [0, 0.05) is 30.4 Å². The number of nitrogens with zero attached hydrogens (tertiary/aromatic N) is 1. The first-order chi connectivity index (χ1) is 8.43. The van der Waals surface area contributed by atoms with E-state index in [4.69, 9.17) is 9.72 Å². The average Bonchev–Trinajstić information content (AvgIpc) is 2.90. The van der Waals surface area contributed by atoms with Crippen LogP contribution < -0.4 is 5.32 Å². The number of piperidine rings is 1. The highest BCUT2D eigenvalue weighted by Crippen LogP contribution is 2.33. The van der Waals surface area contributed by atoms with Gasteiger partial charge in [-0.15, -0.1) is 11.3 Å². The lowest BCUT2D eigenvalue weighted by molar-refractivity contribution is 0.0852. The van der Waals surface area contributed by atoms with Crippen LogP contribution in [0, 0.1) is 0 Å². The summed E-state index contributed by atoms with van der Waals surface area (Å²) in [7, 11) is 0. The number of hydrogen-bond acceptors (Lipinski definition) is 4. The minimum absolute atomic E-state index is 0.657. The summed E-state index contributed by atoms with van der Waals surface area (Å²) in [6, 6.07) is 0. The number of nitrogens with one attached hydrogen (secondary N) is 1. The predicted molar refractivity (Wildman–Crippen MR) is 69.8 cm³/mol. The Morgan fingerprint density at radius 3 is 2.65 bits per heavy atom. The molecule has 1 aromatic heterocycles. The first-order valence-corrected chi connectivity index (χ1v) is 7.55. The monoisotopic (exact) mass is 252 g/mol. The molecule has 1 N–H and O–H groups in total. The second-order valence-electron chi connectivity index (χ2n) is 5.02. The maximum absolute atomic E-state index is 5.41. The van der Waals surface area contributed by atoms with Crippen molar-refractivity contribution < 1.29 is 4.74 Å². The van der Waals surface area contributed by atoms with Gasteiger partial charge in [-0.1, -0.05) is 0 Å². The second kappa shape index (κ2) is 5.46. The normalized spacial score (nSPS) is 24.0. The van der Waals surface area contributed by atoms with Crippen LogP contribution in [-0.4, -0.2) is 31.3 Å². The lowest BCUT2D eigenvalue weighted by Gasteiger charge is -2.21. The van der Waals surface area contributed by atoms with Crippen LogP contribution in [-0.2, 0) is 4.74 Å². The fourth-order valence-electron chi connectivity index (χ4n) is 2.74. The summed E-state index contributed by atoms with van der Waals surface area (Å²) >= 11 is 1.86. The lowest BCUT2D eigenvalue weighted by atomic mass is 9.95. The van der Waals surface area contributed by atoms with Crippen LogP contribution in [0.2, 0.25) is 0 Å². The summed E-state index contributed by atoms with van der Waals surface area (Å²) in [5.74, 6) is 1.35. The molecule has 0 amide bonds. The summed E-state index contributed by atoms with van der Waals surface area (Å²) in [4.78, 5) is 4.89. The third-order valence-electron chi connectivity index (χ3n) is 3.87. The standard InChI is InChI=1S/C13H20N2OS/c1-5-14-6-2-10(1)12-9-17-13(15-12)11-3-7-16-8-4-11/h9-11,14H,1-8H2. The Balaban J connectivity index is 1.68. The highest BCUT2D eigenvalue weighted by Gasteiger charge is 2.22. The molecule has 0 aromatic carbocycles. The molecule has 1 aromatic rings. The van der Waals surface area contributed by atoms with Crippen LogP contribution in [0.25, 0.3) is 0 Å². The van der Waals surface area contributed by atoms with Crippen LogP contribution in [0.3, 0.4) is 0 Å². The van der Waals surface area contributed by atoms with Crippen LogP contribution in [0.4, 0.5) is 0 Å². The fraction of sp³-hybridized carbons (Fsp3) is 0.769.